The fraction of sp³-hybridized carbons (Fsp3) is 1.00. The maximum atomic E-state index is 3.25. The molecule has 0 spiro atoms. The van der Waals surface area contributed by atoms with E-state index in [1.807, 2.05) is 0 Å². The predicted octanol–water partition coefficient (Wildman–Crippen LogP) is -0.252. The van der Waals surface area contributed by atoms with Crippen LogP contribution >= 0.6 is 8.73 Å². The minimum absolute atomic E-state index is 0. The average molecular weight is 107 g/mol. The molecule has 2 nitrogen and oxygen atoms in total. The van der Waals surface area contributed by atoms with Crippen molar-refractivity contribution in [2.24, 2.45) is 0 Å². The second-order valence-corrected chi connectivity index (χ2v) is 2.41. The Morgan fingerprint density at radius 3 is 2.50 bits per heavy atom. The van der Waals surface area contributed by atoms with Crippen LogP contribution in [0, 0.1) is 0 Å². The molecule has 6 heavy (non-hydrogen) atoms. The van der Waals surface area contributed by atoms with Gasteiger partial charge in [0.1, 0.15) is 0 Å². The summed E-state index contributed by atoms with van der Waals surface area (Å²) in [5, 5.41) is 3.25. The summed E-state index contributed by atoms with van der Waals surface area (Å²) in [6, 6.07) is 0. The third-order valence-electron chi connectivity index (χ3n) is 0.729. The van der Waals surface area contributed by atoms with E-state index in [2.05, 4.69) is 5.09 Å². The zero-order valence-electron chi connectivity index (χ0n) is 3.62. The van der Waals surface area contributed by atoms with Crippen molar-refractivity contribution in [2.75, 3.05) is 12.7 Å². The van der Waals surface area contributed by atoms with Gasteiger partial charge >= 0.3 is 0 Å². The summed E-state index contributed by atoms with van der Waals surface area (Å²) in [6.45, 7) is 1.26. The summed E-state index contributed by atoms with van der Waals surface area (Å²) in [6.07, 6.45) is 2.82. The first kappa shape index (κ1) is 6.35. The van der Waals surface area contributed by atoms with Crippen molar-refractivity contribution in [2.45, 2.75) is 6.42 Å². The highest BCUT2D eigenvalue weighted by Gasteiger charge is 1.93. The molecule has 0 radical (unpaired) electrons. The van der Waals surface area contributed by atoms with Gasteiger partial charge in [0.25, 0.3) is 0 Å². The van der Waals surface area contributed by atoms with Gasteiger partial charge in [0, 0.05) is 0 Å². The Balaban J connectivity index is 0.000000250. The van der Waals surface area contributed by atoms with E-state index in [1.165, 1.54) is 19.1 Å². The van der Waals surface area contributed by atoms with Crippen molar-refractivity contribution in [3.8, 4) is 0 Å². The van der Waals surface area contributed by atoms with Crippen LogP contribution < -0.4 is 5.09 Å². The largest absolute Gasteiger partial charge is 0.412 e. The molecule has 3 N–H and O–H groups in total. The summed E-state index contributed by atoms with van der Waals surface area (Å²) >= 11 is 0. The predicted molar refractivity (Wildman–Crippen MR) is 29.4 cm³/mol. The Kier molecular flexibility index (Phi) is 3.74. The van der Waals surface area contributed by atoms with E-state index in [-0.39, 0.29) is 5.48 Å². The van der Waals surface area contributed by atoms with Crippen molar-refractivity contribution in [3.63, 3.8) is 0 Å². The zero-order chi connectivity index (χ0) is 3.54. The second kappa shape index (κ2) is 3.54. The Bertz CT molecular complexity index is 22.4. The van der Waals surface area contributed by atoms with E-state index in [9.17, 15) is 0 Å². The van der Waals surface area contributed by atoms with Gasteiger partial charge in [-0.3, -0.25) is 5.09 Å². The quantitative estimate of drug-likeness (QED) is 0.426. The Morgan fingerprint density at radius 2 is 2.33 bits per heavy atom. The maximum Gasteiger partial charge on any atom is -0.000845 e. The van der Waals surface area contributed by atoms with Gasteiger partial charge in [-0.05, 0) is 19.1 Å². The topological polar surface area (TPSA) is 43.5 Å². The van der Waals surface area contributed by atoms with Gasteiger partial charge in [-0.25, -0.2) is 0 Å². The van der Waals surface area contributed by atoms with Gasteiger partial charge in [-0.15, -0.1) is 0 Å². The smallest absolute Gasteiger partial charge is 0.000845 e. The van der Waals surface area contributed by atoms with Gasteiger partial charge in [-0.2, -0.15) is 0 Å². The Morgan fingerprint density at radius 1 is 1.50 bits per heavy atom. The molecule has 0 aromatic carbocycles. The molecular weight excluding hydrogens is 97.0 g/mol. The molecular formula is C3H10NOP. The molecule has 0 aromatic rings. The van der Waals surface area contributed by atoms with E-state index in [0.717, 1.165) is 8.73 Å². The molecule has 3 heteroatoms. The van der Waals surface area contributed by atoms with Crippen molar-refractivity contribution >= 4 is 8.73 Å². The Labute approximate surface area is 39.5 Å². The third-order valence-corrected chi connectivity index (χ3v) is 1.83. The monoisotopic (exact) mass is 107 g/mol. The molecule has 1 heterocycles. The SMILES string of the molecule is C1CNPC1.O. The van der Waals surface area contributed by atoms with Gasteiger partial charge < -0.3 is 5.48 Å². The first-order chi connectivity index (χ1) is 2.50. The van der Waals surface area contributed by atoms with Crippen molar-refractivity contribution < 1.29 is 5.48 Å². The van der Waals surface area contributed by atoms with Crippen molar-refractivity contribution in [1.29, 1.82) is 0 Å². The summed E-state index contributed by atoms with van der Waals surface area (Å²) in [5.74, 6) is 0. The zero-order valence-corrected chi connectivity index (χ0v) is 4.62. The molecule has 1 unspecified atom stereocenters. The van der Waals surface area contributed by atoms with E-state index in [1.54, 1.807) is 0 Å². The lowest BCUT2D eigenvalue weighted by Crippen LogP contribution is -1.90. The van der Waals surface area contributed by atoms with E-state index in [4.69, 9.17) is 0 Å². The molecule has 1 rings (SSSR count). The first-order valence-corrected chi connectivity index (χ1v) is 3.16. The van der Waals surface area contributed by atoms with Gasteiger partial charge in [0.05, 0.1) is 0 Å². The highest BCUT2D eigenvalue weighted by molar-refractivity contribution is 7.35. The van der Waals surface area contributed by atoms with Crippen LogP contribution in [0.1, 0.15) is 6.42 Å². The molecule has 1 aliphatic heterocycles. The van der Waals surface area contributed by atoms with Crippen LogP contribution in [0.2, 0.25) is 0 Å². The van der Waals surface area contributed by atoms with Gasteiger partial charge in [-0.1, -0.05) is 8.73 Å². The van der Waals surface area contributed by atoms with Crippen LogP contribution in [0.4, 0.5) is 0 Å². The van der Waals surface area contributed by atoms with Crippen LogP contribution in [-0.4, -0.2) is 18.2 Å². The maximum absolute atomic E-state index is 3.25. The first-order valence-electron chi connectivity index (χ1n) is 1.96. The van der Waals surface area contributed by atoms with E-state index < -0.39 is 0 Å². The minimum Gasteiger partial charge on any atom is -0.412 e. The molecule has 0 bridgehead atoms. The van der Waals surface area contributed by atoms with Crippen LogP contribution in [0.15, 0.2) is 0 Å². The standard InChI is InChI=1S/C3H8NP.H2O/c1-2-4-5-3-1;/h4-5H,1-3H2;1H2. The van der Waals surface area contributed by atoms with Crippen molar-refractivity contribution in [1.82, 2.24) is 5.09 Å². The molecule has 38 valence electrons. The third kappa shape index (κ3) is 1.71. The van der Waals surface area contributed by atoms with Crippen LogP contribution in [0.5, 0.6) is 0 Å². The highest BCUT2D eigenvalue weighted by Crippen LogP contribution is 2.10. The summed E-state index contributed by atoms with van der Waals surface area (Å²) in [7, 11) is 1.06. The lowest BCUT2D eigenvalue weighted by molar-refractivity contribution is 0.824. The lowest BCUT2D eigenvalue weighted by atomic mass is 10.5. The summed E-state index contributed by atoms with van der Waals surface area (Å²) < 4.78 is 0. The molecule has 0 amide bonds. The van der Waals surface area contributed by atoms with Crippen molar-refractivity contribution in [3.05, 3.63) is 0 Å². The average Bonchev–Trinajstić information content (AvgIpc) is 1.76. The van der Waals surface area contributed by atoms with Crippen LogP contribution in [-0.2, 0) is 0 Å². The minimum atomic E-state index is 0. The number of nitrogens with one attached hydrogen (secondary N) is 1. The molecule has 0 aromatic heterocycles. The van der Waals surface area contributed by atoms with Gasteiger partial charge in [0.15, 0.2) is 0 Å². The fourth-order valence-electron chi connectivity index (χ4n) is 0.442. The Hall–Kier alpha value is 0.350. The lowest BCUT2D eigenvalue weighted by Gasteiger charge is -1.76. The molecule has 1 saturated heterocycles. The highest BCUT2D eigenvalue weighted by atomic mass is 31.1. The molecule has 1 atom stereocenters. The molecule has 0 aliphatic carbocycles. The molecule has 1 fully saturated rings. The second-order valence-electron chi connectivity index (χ2n) is 1.21. The molecule has 0 saturated carbocycles. The summed E-state index contributed by atoms with van der Waals surface area (Å²) in [5.41, 5.74) is 0. The van der Waals surface area contributed by atoms with Crippen LogP contribution in [0.25, 0.3) is 0 Å². The van der Waals surface area contributed by atoms with E-state index in [0.29, 0.717) is 0 Å². The summed E-state index contributed by atoms with van der Waals surface area (Å²) in [4.78, 5) is 0. The van der Waals surface area contributed by atoms with Crippen LogP contribution in [0.3, 0.4) is 0 Å². The fourth-order valence-corrected chi connectivity index (χ4v) is 1.33. The normalized spacial score (nSPS) is 24.0. The van der Waals surface area contributed by atoms with Gasteiger partial charge in [0.2, 0.25) is 0 Å². The number of hydrogen-bond acceptors (Lipinski definition) is 1. The number of rotatable bonds is 0. The number of hydrogen-bond donors (Lipinski definition) is 1. The molecule has 1 aliphatic rings. The van der Waals surface area contributed by atoms with E-state index >= 15 is 0 Å².